The van der Waals surface area contributed by atoms with Crippen LogP contribution in [0.3, 0.4) is 0 Å². The van der Waals surface area contributed by atoms with Crippen LogP contribution in [0.1, 0.15) is 24.1 Å². The van der Waals surface area contributed by atoms with Gasteiger partial charge >= 0.3 is 0 Å². The summed E-state index contributed by atoms with van der Waals surface area (Å²) < 4.78 is 34.4. The maximum atomic E-state index is 12.9. The van der Waals surface area contributed by atoms with Crippen molar-refractivity contribution >= 4 is 32.5 Å². The first-order valence-electron chi connectivity index (χ1n) is 12.4. The van der Waals surface area contributed by atoms with Crippen LogP contribution < -0.4 is 14.8 Å². The number of nitrogens with zero attached hydrogens (tertiary/aromatic N) is 1. The summed E-state index contributed by atoms with van der Waals surface area (Å²) in [6, 6.07) is 12.6. The average molecular weight is 517 g/mol. The second-order valence-electron chi connectivity index (χ2n) is 9.50. The molecule has 1 saturated heterocycles. The summed E-state index contributed by atoms with van der Waals surface area (Å²) in [7, 11) is -3.58. The molecule has 2 aliphatic rings. The second-order valence-corrected chi connectivity index (χ2v) is 11.7. The van der Waals surface area contributed by atoms with Crippen molar-refractivity contribution in [1.82, 2.24) is 19.9 Å². The van der Waals surface area contributed by atoms with E-state index in [4.69, 9.17) is 16.3 Å². The fourth-order valence-corrected chi connectivity index (χ4v) is 6.36. The molecule has 3 N–H and O–H groups in total. The van der Waals surface area contributed by atoms with Gasteiger partial charge in [-0.15, -0.1) is 0 Å². The van der Waals surface area contributed by atoms with E-state index in [1.54, 1.807) is 24.3 Å². The van der Waals surface area contributed by atoms with E-state index in [2.05, 4.69) is 19.9 Å². The Morgan fingerprint density at radius 1 is 1.11 bits per heavy atom. The van der Waals surface area contributed by atoms with Crippen molar-refractivity contribution in [2.45, 2.75) is 30.6 Å². The van der Waals surface area contributed by atoms with Crippen LogP contribution in [0, 0.1) is 5.92 Å². The molecular formula is C26H33ClN4O3S. The lowest BCUT2D eigenvalue weighted by Crippen LogP contribution is -2.43. The lowest BCUT2D eigenvalue weighted by Gasteiger charge is -2.26. The summed E-state index contributed by atoms with van der Waals surface area (Å²) in [6.07, 6.45) is 3.64. The van der Waals surface area contributed by atoms with Gasteiger partial charge in [-0.05, 0) is 79.6 Å². The van der Waals surface area contributed by atoms with Gasteiger partial charge in [-0.2, -0.15) is 0 Å². The smallest absolute Gasteiger partial charge is 0.240 e. The van der Waals surface area contributed by atoms with Crippen LogP contribution in [0.2, 0.25) is 5.02 Å². The first-order valence-corrected chi connectivity index (χ1v) is 14.3. The van der Waals surface area contributed by atoms with Gasteiger partial charge in [0.25, 0.3) is 0 Å². The molecule has 1 fully saturated rings. The molecule has 3 aromatic rings. The quantitative estimate of drug-likeness (QED) is 0.378. The Morgan fingerprint density at radius 3 is 2.71 bits per heavy atom. The number of sulfonamides is 1. The first kappa shape index (κ1) is 24.6. The van der Waals surface area contributed by atoms with Gasteiger partial charge in [0.1, 0.15) is 5.75 Å². The third-order valence-corrected chi connectivity index (χ3v) is 8.72. The molecule has 1 unspecified atom stereocenters. The van der Waals surface area contributed by atoms with E-state index in [1.807, 2.05) is 18.2 Å². The molecule has 188 valence electrons. The van der Waals surface area contributed by atoms with E-state index in [0.29, 0.717) is 23.9 Å². The number of rotatable bonds is 9. The molecule has 1 aromatic heterocycles. The maximum absolute atomic E-state index is 12.9. The standard InChI is InChI=1S/C26H33ClN4O3S/c27-20-3-9-26-24(17-20)23-16-19(2-8-25(23)30-26)18-29-35(32,33)22-6-4-21(5-7-22)34-15-1-12-31-13-10-28-11-14-31/h3-7,9,17,19,28-30H,1-2,8,10-16,18H2. The summed E-state index contributed by atoms with van der Waals surface area (Å²) in [5.41, 5.74) is 3.59. The van der Waals surface area contributed by atoms with Crippen LogP contribution in [0.4, 0.5) is 0 Å². The number of aromatic amines is 1. The zero-order valence-electron chi connectivity index (χ0n) is 19.9. The molecule has 0 bridgehead atoms. The molecule has 2 heterocycles. The molecule has 1 atom stereocenters. The van der Waals surface area contributed by atoms with Gasteiger partial charge in [-0.25, -0.2) is 13.1 Å². The Balaban J connectivity index is 1.12. The van der Waals surface area contributed by atoms with Crippen molar-refractivity contribution in [3.8, 4) is 5.75 Å². The van der Waals surface area contributed by atoms with Crippen molar-refractivity contribution < 1.29 is 13.2 Å². The summed E-state index contributed by atoms with van der Waals surface area (Å²) >= 11 is 6.20. The van der Waals surface area contributed by atoms with E-state index >= 15 is 0 Å². The SMILES string of the molecule is O=S(=O)(NCC1CCc2[nH]c3ccc(Cl)cc3c2C1)c1ccc(OCCCN2CCNCC2)cc1. The van der Waals surface area contributed by atoms with Gasteiger partial charge in [-0.3, -0.25) is 0 Å². The summed E-state index contributed by atoms with van der Waals surface area (Å²) in [5, 5.41) is 5.21. The molecule has 9 heteroatoms. The molecule has 7 nitrogen and oxygen atoms in total. The van der Waals surface area contributed by atoms with Gasteiger partial charge in [0.05, 0.1) is 11.5 Å². The van der Waals surface area contributed by atoms with Gasteiger partial charge in [0, 0.05) is 60.9 Å². The van der Waals surface area contributed by atoms with Crippen LogP contribution in [0.25, 0.3) is 10.9 Å². The van der Waals surface area contributed by atoms with E-state index < -0.39 is 10.0 Å². The zero-order chi connectivity index (χ0) is 24.3. The fraction of sp³-hybridized carbons (Fsp3) is 0.462. The minimum absolute atomic E-state index is 0.244. The molecule has 5 rings (SSSR count). The molecule has 1 aliphatic carbocycles. The number of H-pyrrole nitrogens is 1. The fourth-order valence-electron chi connectivity index (χ4n) is 5.07. The van der Waals surface area contributed by atoms with E-state index in [0.717, 1.165) is 69.3 Å². The van der Waals surface area contributed by atoms with Crippen LogP contribution in [-0.2, 0) is 22.9 Å². The predicted octanol–water partition coefficient (Wildman–Crippen LogP) is 3.58. The monoisotopic (exact) mass is 516 g/mol. The highest BCUT2D eigenvalue weighted by atomic mass is 35.5. The number of benzene rings is 2. The van der Waals surface area contributed by atoms with Gasteiger partial charge in [0.15, 0.2) is 0 Å². The second kappa shape index (κ2) is 10.9. The lowest BCUT2D eigenvalue weighted by molar-refractivity contribution is 0.214. The van der Waals surface area contributed by atoms with Gasteiger partial charge < -0.3 is 19.9 Å². The van der Waals surface area contributed by atoms with Crippen molar-refractivity contribution in [2.24, 2.45) is 5.92 Å². The number of halogens is 1. The highest BCUT2D eigenvalue weighted by Gasteiger charge is 2.24. The molecule has 0 radical (unpaired) electrons. The van der Waals surface area contributed by atoms with Crippen molar-refractivity contribution in [1.29, 1.82) is 0 Å². The summed E-state index contributed by atoms with van der Waals surface area (Å²) in [5.74, 6) is 0.940. The largest absolute Gasteiger partial charge is 0.494 e. The third-order valence-electron chi connectivity index (χ3n) is 7.05. The highest BCUT2D eigenvalue weighted by molar-refractivity contribution is 7.89. The number of ether oxygens (including phenoxy) is 1. The van der Waals surface area contributed by atoms with Crippen molar-refractivity contribution in [2.75, 3.05) is 45.9 Å². The molecular weight excluding hydrogens is 484 g/mol. The van der Waals surface area contributed by atoms with Crippen molar-refractivity contribution in [3.05, 3.63) is 58.7 Å². The summed E-state index contributed by atoms with van der Waals surface area (Å²) in [4.78, 5) is 6.19. The Hall–Kier alpha value is -2.10. The van der Waals surface area contributed by atoms with Gasteiger partial charge in [-0.1, -0.05) is 11.6 Å². The Morgan fingerprint density at radius 2 is 1.91 bits per heavy atom. The normalized spacial score (nSPS) is 19.1. The number of hydrogen-bond acceptors (Lipinski definition) is 5. The molecule has 0 amide bonds. The summed E-state index contributed by atoms with van der Waals surface area (Å²) in [6.45, 7) is 6.31. The molecule has 2 aromatic carbocycles. The number of hydrogen-bond donors (Lipinski definition) is 3. The number of aromatic nitrogens is 1. The highest BCUT2D eigenvalue weighted by Crippen LogP contribution is 2.33. The average Bonchev–Trinajstić information content (AvgIpc) is 3.23. The maximum Gasteiger partial charge on any atom is 0.240 e. The zero-order valence-corrected chi connectivity index (χ0v) is 21.4. The minimum Gasteiger partial charge on any atom is -0.494 e. The van der Waals surface area contributed by atoms with Gasteiger partial charge in [0.2, 0.25) is 10.0 Å². The number of nitrogens with one attached hydrogen (secondary N) is 3. The van der Waals surface area contributed by atoms with Crippen LogP contribution in [0.5, 0.6) is 5.75 Å². The van der Waals surface area contributed by atoms with E-state index in [1.165, 1.54) is 11.3 Å². The number of aryl methyl sites for hydroxylation is 1. The van der Waals surface area contributed by atoms with Crippen LogP contribution in [0.15, 0.2) is 47.4 Å². The first-order chi connectivity index (χ1) is 17.0. The Kier molecular flexibility index (Phi) is 7.65. The minimum atomic E-state index is -3.58. The van der Waals surface area contributed by atoms with E-state index in [9.17, 15) is 8.42 Å². The Labute approximate surface area is 212 Å². The molecule has 35 heavy (non-hydrogen) atoms. The van der Waals surface area contributed by atoms with Crippen molar-refractivity contribution in [3.63, 3.8) is 0 Å². The van der Waals surface area contributed by atoms with E-state index in [-0.39, 0.29) is 10.8 Å². The molecule has 0 saturated carbocycles. The third kappa shape index (κ3) is 6.01. The molecule has 0 spiro atoms. The van der Waals surface area contributed by atoms with Crippen LogP contribution >= 0.6 is 11.6 Å². The predicted molar refractivity (Wildman–Crippen MR) is 140 cm³/mol. The number of piperazine rings is 1. The Bertz CT molecular complexity index is 1250. The molecule has 1 aliphatic heterocycles. The number of fused-ring (bicyclic) bond motifs is 3. The van der Waals surface area contributed by atoms with Crippen LogP contribution in [-0.4, -0.2) is 64.2 Å². The lowest BCUT2D eigenvalue weighted by atomic mass is 9.86. The topological polar surface area (TPSA) is 86.5 Å².